The summed E-state index contributed by atoms with van der Waals surface area (Å²) in [5, 5.41) is 4.67. The molecule has 0 unspecified atom stereocenters. The highest BCUT2D eigenvalue weighted by molar-refractivity contribution is 7.92. The molecule has 0 aliphatic carbocycles. The van der Waals surface area contributed by atoms with Crippen LogP contribution in [0.3, 0.4) is 0 Å². The molecule has 0 saturated carbocycles. The van der Waals surface area contributed by atoms with Crippen molar-refractivity contribution in [3.63, 3.8) is 0 Å². The predicted octanol–water partition coefficient (Wildman–Crippen LogP) is 5.98. The highest BCUT2D eigenvalue weighted by atomic mass is 35.5. The number of halogens is 1. The number of carbonyl (C=O) groups excluding carboxylic acids is 1. The van der Waals surface area contributed by atoms with Crippen LogP contribution < -0.4 is 23.9 Å². The van der Waals surface area contributed by atoms with Crippen LogP contribution in [0, 0.1) is 6.92 Å². The number of hydrogen-bond donors (Lipinski definition) is 1. The van der Waals surface area contributed by atoms with Gasteiger partial charge in [0.2, 0.25) is 0 Å². The number of hydrazone groups is 1. The first-order valence-electron chi connectivity index (χ1n) is 13.4. The van der Waals surface area contributed by atoms with Crippen molar-refractivity contribution < 1.29 is 27.4 Å². The van der Waals surface area contributed by atoms with E-state index >= 15 is 0 Å². The Morgan fingerprint density at radius 1 is 0.930 bits per heavy atom. The number of hydrogen-bond acceptors (Lipinski definition) is 7. The van der Waals surface area contributed by atoms with Gasteiger partial charge in [0.15, 0.2) is 11.5 Å². The van der Waals surface area contributed by atoms with Crippen molar-refractivity contribution >= 4 is 39.4 Å². The van der Waals surface area contributed by atoms with Gasteiger partial charge in [-0.1, -0.05) is 53.6 Å². The number of amides is 1. The van der Waals surface area contributed by atoms with E-state index in [1.807, 2.05) is 32.0 Å². The number of para-hydroxylation sites is 2. The number of rotatable bonds is 13. The van der Waals surface area contributed by atoms with E-state index in [9.17, 15) is 13.2 Å². The molecule has 43 heavy (non-hydrogen) atoms. The first-order valence-corrected chi connectivity index (χ1v) is 15.2. The van der Waals surface area contributed by atoms with Gasteiger partial charge in [-0.05, 0) is 79.6 Å². The van der Waals surface area contributed by atoms with Crippen LogP contribution in [0.1, 0.15) is 23.6 Å². The van der Waals surface area contributed by atoms with Crippen molar-refractivity contribution in [3.8, 4) is 17.2 Å². The molecule has 0 aliphatic heterocycles. The van der Waals surface area contributed by atoms with Crippen LogP contribution in [0.4, 0.5) is 5.69 Å². The number of benzene rings is 4. The third-order valence-corrected chi connectivity index (χ3v) is 8.21. The third kappa shape index (κ3) is 8.27. The molecular formula is C32H32ClN3O6S. The molecule has 0 aliphatic rings. The lowest BCUT2D eigenvalue weighted by atomic mass is 10.2. The SMILES string of the molecule is CCOc1cc(/C=N/NC(=O)CN(c2ccccc2OC)S(=O)(=O)c2ccc(C)cc2)ccc1OCc1cccc(Cl)c1. The standard InChI is InChI=1S/C32H32ClN3O6S/c1-4-41-31-19-24(14-17-30(31)42-22-25-8-7-9-26(33)18-25)20-34-35-32(37)21-36(28-10-5-6-11-29(28)40-3)43(38,39)27-15-12-23(2)13-16-27/h5-20H,4,21-22H2,1-3H3,(H,35,37)/b34-20+. The number of aryl methyl sites for hydroxylation is 1. The van der Waals surface area contributed by atoms with E-state index in [4.69, 9.17) is 25.8 Å². The molecule has 4 aromatic rings. The second kappa shape index (κ2) is 14.6. The quantitative estimate of drug-likeness (QED) is 0.145. The van der Waals surface area contributed by atoms with Gasteiger partial charge in [0.25, 0.3) is 15.9 Å². The Bertz CT molecular complexity index is 1690. The maximum absolute atomic E-state index is 13.7. The molecule has 224 valence electrons. The third-order valence-electron chi connectivity index (χ3n) is 6.20. The number of carbonyl (C=O) groups is 1. The van der Waals surface area contributed by atoms with E-state index in [2.05, 4.69) is 10.5 Å². The number of sulfonamides is 1. The van der Waals surface area contributed by atoms with Crippen LogP contribution in [0.25, 0.3) is 0 Å². The zero-order valence-corrected chi connectivity index (χ0v) is 25.6. The molecule has 1 N–H and O–H groups in total. The minimum absolute atomic E-state index is 0.0430. The van der Waals surface area contributed by atoms with Gasteiger partial charge < -0.3 is 14.2 Å². The zero-order valence-electron chi connectivity index (χ0n) is 24.0. The van der Waals surface area contributed by atoms with E-state index < -0.39 is 22.5 Å². The average molecular weight is 622 g/mol. The van der Waals surface area contributed by atoms with Crippen LogP contribution in [-0.4, -0.2) is 40.8 Å². The largest absolute Gasteiger partial charge is 0.495 e. The lowest BCUT2D eigenvalue weighted by Crippen LogP contribution is -2.39. The first kappa shape index (κ1) is 31.4. The molecular weight excluding hydrogens is 590 g/mol. The monoisotopic (exact) mass is 621 g/mol. The summed E-state index contributed by atoms with van der Waals surface area (Å²) in [6.45, 7) is 3.91. The van der Waals surface area contributed by atoms with Gasteiger partial charge in [-0.15, -0.1) is 0 Å². The molecule has 0 radical (unpaired) electrons. The Morgan fingerprint density at radius 3 is 2.42 bits per heavy atom. The summed E-state index contributed by atoms with van der Waals surface area (Å²) < 4.78 is 45.4. The zero-order chi connectivity index (χ0) is 30.8. The Labute approximate surface area is 256 Å². The smallest absolute Gasteiger partial charge is 0.264 e. The molecule has 4 rings (SSSR count). The maximum Gasteiger partial charge on any atom is 0.264 e. The molecule has 0 spiro atoms. The molecule has 0 bridgehead atoms. The molecule has 9 nitrogen and oxygen atoms in total. The van der Waals surface area contributed by atoms with Crippen LogP contribution in [0.15, 0.2) is 101 Å². The topological polar surface area (TPSA) is 107 Å². The van der Waals surface area contributed by atoms with Crippen LogP contribution >= 0.6 is 11.6 Å². The van der Waals surface area contributed by atoms with Crippen molar-refractivity contribution in [2.75, 3.05) is 24.6 Å². The van der Waals surface area contributed by atoms with Crippen molar-refractivity contribution in [2.24, 2.45) is 5.10 Å². The average Bonchev–Trinajstić information content (AvgIpc) is 3.00. The van der Waals surface area contributed by atoms with E-state index in [0.29, 0.717) is 41.0 Å². The maximum atomic E-state index is 13.7. The van der Waals surface area contributed by atoms with Crippen LogP contribution in [-0.2, 0) is 21.4 Å². The highest BCUT2D eigenvalue weighted by Gasteiger charge is 2.29. The number of ether oxygens (including phenoxy) is 3. The molecule has 0 aromatic heterocycles. The van der Waals surface area contributed by atoms with Crippen molar-refractivity contribution in [1.29, 1.82) is 0 Å². The molecule has 11 heteroatoms. The molecule has 0 atom stereocenters. The fraction of sp³-hybridized carbons (Fsp3) is 0.188. The Balaban J connectivity index is 1.49. The van der Waals surface area contributed by atoms with Crippen molar-refractivity contribution in [2.45, 2.75) is 25.3 Å². The summed E-state index contributed by atoms with van der Waals surface area (Å²) >= 11 is 6.06. The minimum Gasteiger partial charge on any atom is -0.495 e. The Morgan fingerprint density at radius 2 is 1.70 bits per heavy atom. The van der Waals surface area contributed by atoms with Gasteiger partial charge in [0.05, 0.1) is 30.5 Å². The molecule has 0 heterocycles. The fourth-order valence-electron chi connectivity index (χ4n) is 4.10. The molecule has 4 aromatic carbocycles. The summed E-state index contributed by atoms with van der Waals surface area (Å²) in [6.07, 6.45) is 1.43. The van der Waals surface area contributed by atoms with E-state index in [1.165, 1.54) is 25.5 Å². The number of nitrogens with zero attached hydrogens (tertiary/aromatic N) is 2. The lowest BCUT2D eigenvalue weighted by molar-refractivity contribution is -0.119. The normalized spacial score (nSPS) is 11.3. The van der Waals surface area contributed by atoms with E-state index in [1.54, 1.807) is 60.7 Å². The van der Waals surface area contributed by atoms with Crippen molar-refractivity contribution in [3.05, 3.63) is 113 Å². The van der Waals surface area contributed by atoms with Gasteiger partial charge in [0.1, 0.15) is 18.9 Å². The van der Waals surface area contributed by atoms with Crippen LogP contribution in [0.2, 0.25) is 5.02 Å². The van der Waals surface area contributed by atoms with Gasteiger partial charge in [0, 0.05) is 5.02 Å². The minimum atomic E-state index is -4.12. The number of anilines is 1. The molecule has 0 saturated heterocycles. The predicted molar refractivity (Wildman–Crippen MR) is 168 cm³/mol. The number of nitrogens with one attached hydrogen (secondary N) is 1. The van der Waals surface area contributed by atoms with Gasteiger partial charge >= 0.3 is 0 Å². The lowest BCUT2D eigenvalue weighted by Gasteiger charge is -2.25. The van der Waals surface area contributed by atoms with Gasteiger partial charge in [-0.25, -0.2) is 13.8 Å². The van der Waals surface area contributed by atoms with Gasteiger partial charge in [-0.3, -0.25) is 9.10 Å². The summed E-state index contributed by atoms with van der Waals surface area (Å²) in [5.74, 6) is 0.697. The van der Waals surface area contributed by atoms with Gasteiger partial charge in [-0.2, -0.15) is 5.10 Å². The fourth-order valence-corrected chi connectivity index (χ4v) is 5.74. The second-order valence-electron chi connectivity index (χ2n) is 9.35. The highest BCUT2D eigenvalue weighted by Crippen LogP contribution is 2.32. The summed E-state index contributed by atoms with van der Waals surface area (Å²) in [5.41, 5.74) is 5.09. The number of methoxy groups -OCH3 is 1. The van der Waals surface area contributed by atoms with Crippen LogP contribution in [0.5, 0.6) is 17.2 Å². The Kier molecular flexibility index (Phi) is 10.6. The first-order chi connectivity index (χ1) is 20.7. The molecule has 0 fully saturated rings. The van der Waals surface area contributed by atoms with E-state index in [-0.39, 0.29) is 10.6 Å². The van der Waals surface area contributed by atoms with Crippen molar-refractivity contribution in [1.82, 2.24) is 5.43 Å². The summed E-state index contributed by atoms with van der Waals surface area (Å²) in [4.78, 5) is 13.0. The summed E-state index contributed by atoms with van der Waals surface area (Å²) in [6, 6.07) is 25.6. The second-order valence-corrected chi connectivity index (χ2v) is 11.6. The van der Waals surface area contributed by atoms with E-state index in [0.717, 1.165) is 15.4 Å². The Hall–Kier alpha value is -4.54. The molecule has 1 amide bonds. The summed E-state index contributed by atoms with van der Waals surface area (Å²) in [7, 11) is -2.68.